The van der Waals surface area contributed by atoms with Gasteiger partial charge < -0.3 is 4.74 Å². The molecule has 0 saturated heterocycles. The highest BCUT2D eigenvalue weighted by molar-refractivity contribution is 7.17. The Labute approximate surface area is 149 Å². The van der Waals surface area contributed by atoms with Crippen LogP contribution in [0.4, 0.5) is 0 Å². The number of thiophene rings is 1. The molecule has 0 amide bonds. The topological polar surface area (TPSA) is 61.2 Å². The standard InChI is InChI=1S/C19H20N2O3S/c1-3-4-10-24-19(23)15-11-25-17-16(15)18(22)21(12-20-17)13(2)14-8-6-5-7-9-14/h5-9,11-13H,3-4,10H2,1-2H3. The Morgan fingerprint density at radius 1 is 1.32 bits per heavy atom. The van der Waals surface area contributed by atoms with Crippen molar-refractivity contribution in [2.75, 3.05) is 6.61 Å². The molecule has 1 aromatic carbocycles. The molecule has 0 aliphatic heterocycles. The van der Waals surface area contributed by atoms with E-state index in [1.54, 1.807) is 16.3 Å². The molecule has 1 atom stereocenters. The monoisotopic (exact) mass is 356 g/mol. The van der Waals surface area contributed by atoms with Crippen molar-refractivity contribution in [3.63, 3.8) is 0 Å². The summed E-state index contributed by atoms with van der Waals surface area (Å²) in [6, 6.07) is 9.57. The summed E-state index contributed by atoms with van der Waals surface area (Å²) in [5.41, 5.74) is 1.10. The molecule has 0 N–H and O–H groups in total. The van der Waals surface area contributed by atoms with Crippen LogP contribution in [-0.2, 0) is 4.74 Å². The first-order valence-corrected chi connectivity index (χ1v) is 9.21. The number of carbonyl (C=O) groups is 1. The van der Waals surface area contributed by atoms with Gasteiger partial charge in [-0.1, -0.05) is 43.7 Å². The van der Waals surface area contributed by atoms with Crippen LogP contribution >= 0.6 is 11.3 Å². The molecule has 0 aliphatic rings. The normalized spacial score (nSPS) is 12.2. The third-order valence-electron chi connectivity index (χ3n) is 4.17. The summed E-state index contributed by atoms with van der Waals surface area (Å²) in [5, 5.41) is 2.00. The van der Waals surface area contributed by atoms with Crippen LogP contribution in [0.2, 0.25) is 0 Å². The van der Waals surface area contributed by atoms with Gasteiger partial charge in [0, 0.05) is 5.38 Å². The van der Waals surface area contributed by atoms with Gasteiger partial charge in [-0.25, -0.2) is 9.78 Å². The van der Waals surface area contributed by atoms with Gasteiger partial charge in [-0.2, -0.15) is 0 Å². The lowest BCUT2D eigenvalue weighted by Gasteiger charge is -2.15. The molecular weight excluding hydrogens is 336 g/mol. The van der Waals surface area contributed by atoms with Crippen molar-refractivity contribution in [1.29, 1.82) is 0 Å². The summed E-state index contributed by atoms with van der Waals surface area (Å²) in [6.45, 7) is 4.33. The van der Waals surface area contributed by atoms with Gasteiger partial charge in [0.05, 0.1) is 29.9 Å². The van der Waals surface area contributed by atoms with Gasteiger partial charge in [0.25, 0.3) is 5.56 Å². The average Bonchev–Trinajstić information content (AvgIpc) is 3.07. The van der Waals surface area contributed by atoms with E-state index in [9.17, 15) is 9.59 Å². The van der Waals surface area contributed by atoms with Crippen LogP contribution in [0.5, 0.6) is 0 Å². The molecule has 2 heterocycles. The molecule has 0 saturated carbocycles. The van der Waals surface area contributed by atoms with Gasteiger partial charge in [-0.3, -0.25) is 9.36 Å². The summed E-state index contributed by atoms with van der Waals surface area (Å²) < 4.78 is 6.83. The Balaban J connectivity index is 2.00. The molecule has 0 radical (unpaired) electrons. The first kappa shape index (κ1) is 17.4. The van der Waals surface area contributed by atoms with Gasteiger partial charge >= 0.3 is 5.97 Å². The van der Waals surface area contributed by atoms with Crippen LogP contribution in [0.1, 0.15) is 48.7 Å². The Kier molecular flexibility index (Phi) is 5.28. The number of carbonyl (C=O) groups excluding carboxylic acids is 1. The lowest BCUT2D eigenvalue weighted by Crippen LogP contribution is -2.25. The fourth-order valence-electron chi connectivity index (χ4n) is 2.65. The molecule has 2 aromatic heterocycles. The van der Waals surface area contributed by atoms with Crippen molar-refractivity contribution in [2.45, 2.75) is 32.7 Å². The summed E-state index contributed by atoms with van der Waals surface area (Å²) in [5.74, 6) is -0.455. The van der Waals surface area contributed by atoms with Gasteiger partial charge in [-0.05, 0) is 18.9 Å². The van der Waals surface area contributed by atoms with Crippen LogP contribution in [-0.4, -0.2) is 22.1 Å². The predicted octanol–water partition coefficient (Wildman–Crippen LogP) is 4.02. The number of unbranched alkanes of at least 4 members (excludes halogenated alkanes) is 1. The van der Waals surface area contributed by atoms with E-state index in [0.717, 1.165) is 18.4 Å². The van der Waals surface area contributed by atoms with Crippen LogP contribution in [0, 0.1) is 0 Å². The maximum atomic E-state index is 13.0. The van der Waals surface area contributed by atoms with Crippen molar-refractivity contribution in [1.82, 2.24) is 9.55 Å². The summed E-state index contributed by atoms with van der Waals surface area (Å²) >= 11 is 1.29. The molecule has 0 aliphatic carbocycles. The van der Waals surface area contributed by atoms with Crippen molar-refractivity contribution < 1.29 is 9.53 Å². The van der Waals surface area contributed by atoms with Crippen LogP contribution in [0.25, 0.3) is 10.2 Å². The Morgan fingerprint density at radius 3 is 2.80 bits per heavy atom. The minimum absolute atomic E-state index is 0.172. The zero-order valence-electron chi connectivity index (χ0n) is 14.3. The molecular formula is C19H20N2O3S. The predicted molar refractivity (Wildman–Crippen MR) is 99.3 cm³/mol. The number of ether oxygens (including phenoxy) is 1. The number of hydrogen-bond acceptors (Lipinski definition) is 5. The summed E-state index contributed by atoms with van der Waals surface area (Å²) in [4.78, 5) is 30.2. The SMILES string of the molecule is CCCCOC(=O)c1csc2ncn(C(C)c3ccccc3)c(=O)c12. The van der Waals surface area contributed by atoms with E-state index in [2.05, 4.69) is 4.98 Å². The molecule has 25 heavy (non-hydrogen) atoms. The van der Waals surface area contributed by atoms with Gasteiger partial charge in [0.15, 0.2) is 0 Å². The van der Waals surface area contributed by atoms with E-state index in [0.29, 0.717) is 22.4 Å². The van der Waals surface area contributed by atoms with E-state index in [-0.39, 0.29) is 11.6 Å². The lowest BCUT2D eigenvalue weighted by atomic mass is 10.1. The Bertz CT molecular complexity index is 931. The minimum atomic E-state index is -0.455. The first-order valence-electron chi connectivity index (χ1n) is 8.34. The number of rotatable bonds is 6. The third kappa shape index (κ3) is 3.49. The molecule has 3 aromatic rings. The molecule has 0 fully saturated rings. The smallest absolute Gasteiger partial charge is 0.339 e. The van der Waals surface area contributed by atoms with Gasteiger partial charge in [-0.15, -0.1) is 11.3 Å². The average molecular weight is 356 g/mol. The van der Waals surface area contributed by atoms with E-state index < -0.39 is 5.97 Å². The highest BCUT2D eigenvalue weighted by Gasteiger charge is 2.20. The van der Waals surface area contributed by atoms with Gasteiger partial charge in [0.1, 0.15) is 4.83 Å². The minimum Gasteiger partial charge on any atom is -0.462 e. The van der Waals surface area contributed by atoms with Crippen LogP contribution < -0.4 is 5.56 Å². The maximum Gasteiger partial charge on any atom is 0.339 e. The summed E-state index contributed by atoms with van der Waals surface area (Å²) in [7, 11) is 0. The van der Waals surface area contributed by atoms with Crippen molar-refractivity contribution in [3.8, 4) is 0 Å². The second-order valence-corrected chi connectivity index (χ2v) is 6.72. The second kappa shape index (κ2) is 7.61. The largest absolute Gasteiger partial charge is 0.462 e. The quantitative estimate of drug-likeness (QED) is 0.494. The van der Waals surface area contributed by atoms with Crippen molar-refractivity contribution in [3.05, 3.63) is 63.5 Å². The highest BCUT2D eigenvalue weighted by atomic mass is 32.1. The maximum absolute atomic E-state index is 13.0. The second-order valence-electron chi connectivity index (χ2n) is 5.86. The van der Waals surface area contributed by atoms with E-state index >= 15 is 0 Å². The number of fused-ring (bicyclic) bond motifs is 1. The summed E-state index contributed by atoms with van der Waals surface area (Å²) in [6.07, 6.45) is 3.30. The van der Waals surface area contributed by atoms with Crippen LogP contribution in [0.3, 0.4) is 0 Å². The third-order valence-corrected chi connectivity index (χ3v) is 5.06. The van der Waals surface area contributed by atoms with E-state index in [1.165, 1.54) is 11.3 Å². The molecule has 1 unspecified atom stereocenters. The fraction of sp³-hybridized carbons (Fsp3) is 0.316. The zero-order valence-corrected chi connectivity index (χ0v) is 15.1. The number of esters is 1. The fourth-order valence-corrected chi connectivity index (χ4v) is 3.52. The number of benzene rings is 1. The molecule has 0 bridgehead atoms. The number of hydrogen-bond donors (Lipinski definition) is 0. The van der Waals surface area contributed by atoms with Crippen molar-refractivity contribution >= 4 is 27.5 Å². The first-order chi connectivity index (χ1) is 12.1. The molecule has 130 valence electrons. The van der Waals surface area contributed by atoms with E-state index in [1.807, 2.05) is 44.2 Å². The molecule has 6 heteroatoms. The number of nitrogens with zero attached hydrogens (tertiary/aromatic N) is 2. The van der Waals surface area contributed by atoms with Crippen LogP contribution in [0.15, 0.2) is 46.8 Å². The Hall–Kier alpha value is -2.47. The highest BCUT2D eigenvalue weighted by Crippen LogP contribution is 2.23. The van der Waals surface area contributed by atoms with Gasteiger partial charge in [0.2, 0.25) is 0 Å². The van der Waals surface area contributed by atoms with Crippen molar-refractivity contribution in [2.24, 2.45) is 0 Å². The van der Waals surface area contributed by atoms with E-state index in [4.69, 9.17) is 4.74 Å². The number of aromatic nitrogens is 2. The molecule has 0 spiro atoms. The Morgan fingerprint density at radius 2 is 2.08 bits per heavy atom. The molecule has 5 nitrogen and oxygen atoms in total. The zero-order chi connectivity index (χ0) is 17.8. The molecule has 3 rings (SSSR count). The lowest BCUT2D eigenvalue weighted by molar-refractivity contribution is 0.0502.